The number of nitrogens with zero attached hydrogens (tertiary/aromatic N) is 3. The molecule has 0 aliphatic rings. The van der Waals surface area contributed by atoms with E-state index in [1.54, 1.807) is 18.3 Å². The lowest BCUT2D eigenvalue weighted by atomic mass is 10.2. The molecule has 1 N–H and O–H groups in total. The molecule has 2 aromatic heterocycles. The van der Waals surface area contributed by atoms with Crippen LogP contribution < -0.4 is 5.32 Å². The molecular weight excluding hydrogens is 391 g/mol. The van der Waals surface area contributed by atoms with E-state index in [-0.39, 0.29) is 17.1 Å². The Morgan fingerprint density at radius 3 is 2.78 bits per heavy atom. The van der Waals surface area contributed by atoms with Gasteiger partial charge in [0, 0.05) is 22.4 Å². The van der Waals surface area contributed by atoms with Crippen molar-refractivity contribution >= 4 is 50.6 Å². The first-order valence-corrected chi connectivity index (χ1v) is 9.67. The lowest BCUT2D eigenvalue weighted by Gasteiger charge is -2.07. The average molecular weight is 406 g/mol. The van der Waals surface area contributed by atoms with Crippen molar-refractivity contribution in [2.75, 3.05) is 11.1 Å². The molecule has 0 atom stereocenters. The molecule has 3 aromatic rings. The topological polar surface area (TPSA) is 98.0 Å². The van der Waals surface area contributed by atoms with E-state index < -0.39 is 16.6 Å². The van der Waals surface area contributed by atoms with E-state index in [4.69, 9.17) is 0 Å². The maximum atomic E-state index is 13.8. The Labute approximate surface area is 162 Å². The molecule has 0 unspecified atom stereocenters. The number of hydrogen-bond acceptors (Lipinski definition) is 7. The van der Waals surface area contributed by atoms with Gasteiger partial charge in [0.15, 0.2) is 0 Å². The quantitative estimate of drug-likeness (QED) is 0.292. The monoisotopic (exact) mass is 406 g/mol. The Hall–Kier alpha value is -2.59. The Morgan fingerprint density at radius 1 is 1.33 bits per heavy atom. The summed E-state index contributed by atoms with van der Waals surface area (Å²) in [5.41, 5.74) is 0.556. The third-order valence-electron chi connectivity index (χ3n) is 3.88. The summed E-state index contributed by atoms with van der Waals surface area (Å²) < 4.78 is 13.8. The maximum absolute atomic E-state index is 13.8. The number of aryl methyl sites for hydroxylation is 3. The third-order valence-corrected chi connectivity index (χ3v) is 5.96. The third kappa shape index (κ3) is 4.06. The van der Waals surface area contributed by atoms with Gasteiger partial charge in [-0.2, -0.15) is 0 Å². The Kier molecular flexibility index (Phi) is 5.38. The van der Waals surface area contributed by atoms with Crippen LogP contribution in [0.25, 0.3) is 10.2 Å². The summed E-state index contributed by atoms with van der Waals surface area (Å²) in [5.74, 6) is -0.615. The highest BCUT2D eigenvalue weighted by Gasteiger charge is 2.17. The molecule has 0 saturated carbocycles. The highest BCUT2D eigenvalue weighted by atomic mass is 32.2. The van der Waals surface area contributed by atoms with Gasteiger partial charge < -0.3 is 5.32 Å². The predicted molar refractivity (Wildman–Crippen MR) is 104 cm³/mol. The van der Waals surface area contributed by atoms with Gasteiger partial charge in [0.2, 0.25) is 5.91 Å². The van der Waals surface area contributed by atoms with Crippen molar-refractivity contribution in [3.63, 3.8) is 0 Å². The van der Waals surface area contributed by atoms with Crippen molar-refractivity contribution in [3.05, 3.63) is 50.4 Å². The number of rotatable bonds is 5. The zero-order valence-corrected chi connectivity index (χ0v) is 16.3. The van der Waals surface area contributed by atoms with Crippen LogP contribution in [0.1, 0.15) is 16.3 Å². The Balaban J connectivity index is 1.78. The van der Waals surface area contributed by atoms with Crippen molar-refractivity contribution in [2.45, 2.75) is 25.8 Å². The number of non-ortho nitro benzene ring substituents is 1. The van der Waals surface area contributed by atoms with Crippen molar-refractivity contribution in [3.8, 4) is 0 Å². The normalized spacial score (nSPS) is 11.0. The van der Waals surface area contributed by atoms with E-state index in [0.717, 1.165) is 38.9 Å². The summed E-state index contributed by atoms with van der Waals surface area (Å²) in [5, 5.41) is 14.8. The number of carbonyl (C=O) groups excluding carboxylic acids is 1. The zero-order valence-electron chi connectivity index (χ0n) is 14.7. The molecule has 7 nitrogen and oxygen atoms in total. The van der Waals surface area contributed by atoms with E-state index in [2.05, 4.69) is 15.3 Å². The second-order valence-corrected chi connectivity index (χ2v) is 7.96. The van der Waals surface area contributed by atoms with Crippen LogP contribution in [0.2, 0.25) is 0 Å². The molecule has 0 aliphatic heterocycles. The minimum Gasteiger partial charge on any atom is -0.323 e. The van der Waals surface area contributed by atoms with E-state index in [9.17, 15) is 19.3 Å². The fourth-order valence-electron chi connectivity index (χ4n) is 2.46. The van der Waals surface area contributed by atoms with E-state index in [0.29, 0.717) is 10.9 Å². The summed E-state index contributed by atoms with van der Waals surface area (Å²) >= 11 is 2.79. The van der Waals surface area contributed by atoms with Crippen LogP contribution in [0.4, 0.5) is 15.8 Å². The number of aromatic nitrogens is 2. The second-order valence-electron chi connectivity index (χ2n) is 5.80. The number of nitro benzene ring substituents is 1. The van der Waals surface area contributed by atoms with Gasteiger partial charge >= 0.3 is 0 Å². The van der Waals surface area contributed by atoms with Crippen molar-refractivity contribution in [2.24, 2.45) is 0 Å². The standard InChI is InChI=1S/C17H15FN4O3S2/c1-8-9(2)27-17-15(8)16(19-10(3)20-17)26-7-14(23)21-13-6-11(22(24)25)4-5-12(13)18/h4-6H,7H2,1-3H3,(H,21,23). The summed E-state index contributed by atoms with van der Waals surface area (Å²) in [6, 6.07) is 2.99. The number of thiophene rings is 1. The van der Waals surface area contributed by atoms with Gasteiger partial charge in [-0.15, -0.1) is 11.3 Å². The van der Waals surface area contributed by atoms with Gasteiger partial charge in [-0.05, 0) is 32.4 Å². The van der Waals surface area contributed by atoms with E-state index in [1.807, 2.05) is 13.8 Å². The highest BCUT2D eigenvalue weighted by molar-refractivity contribution is 8.00. The average Bonchev–Trinajstić information content (AvgIpc) is 2.88. The van der Waals surface area contributed by atoms with E-state index >= 15 is 0 Å². The molecule has 0 radical (unpaired) electrons. The molecule has 2 heterocycles. The first kappa shape index (κ1) is 19.2. The number of carbonyl (C=O) groups is 1. The summed E-state index contributed by atoms with van der Waals surface area (Å²) in [6.07, 6.45) is 0. The lowest BCUT2D eigenvalue weighted by molar-refractivity contribution is -0.384. The number of nitrogens with one attached hydrogen (secondary N) is 1. The number of fused-ring (bicyclic) bond motifs is 1. The fourth-order valence-corrected chi connectivity index (χ4v) is 4.53. The lowest BCUT2D eigenvalue weighted by Crippen LogP contribution is -2.15. The van der Waals surface area contributed by atoms with Gasteiger partial charge in [0.1, 0.15) is 21.5 Å². The highest BCUT2D eigenvalue weighted by Crippen LogP contribution is 2.35. The largest absolute Gasteiger partial charge is 0.323 e. The van der Waals surface area contributed by atoms with Gasteiger partial charge in [-0.3, -0.25) is 14.9 Å². The van der Waals surface area contributed by atoms with Gasteiger partial charge in [0.05, 0.1) is 16.4 Å². The molecular formula is C17H15FN4O3S2. The number of nitro groups is 1. The molecule has 10 heteroatoms. The van der Waals surface area contributed by atoms with Crippen LogP contribution in [-0.4, -0.2) is 26.6 Å². The second kappa shape index (κ2) is 7.57. The molecule has 0 fully saturated rings. The van der Waals surface area contributed by atoms with Crippen molar-refractivity contribution < 1.29 is 14.1 Å². The summed E-state index contributed by atoms with van der Waals surface area (Å²) in [4.78, 5) is 33.2. The maximum Gasteiger partial charge on any atom is 0.271 e. The molecule has 1 amide bonds. The first-order valence-electron chi connectivity index (χ1n) is 7.87. The molecule has 0 saturated heterocycles. The predicted octanol–water partition coefficient (Wildman–Crippen LogP) is 4.39. The van der Waals surface area contributed by atoms with Crippen LogP contribution in [0, 0.1) is 36.7 Å². The first-order chi connectivity index (χ1) is 12.8. The molecule has 1 aromatic carbocycles. The minimum atomic E-state index is -0.733. The molecule has 27 heavy (non-hydrogen) atoms. The number of thioether (sulfide) groups is 1. The zero-order chi connectivity index (χ0) is 19.7. The fraction of sp³-hybridized carbons (Fsp3) is 0.235. The van der Waals surface area contributed by atoms with Crippen LogP contribution in [0.3, 0.4) is 0 Å². The SMILES string of the molecule is Cc1nc(SCC(=O)Nc2cc([N+](=O)[O-])ccc2F)c2c(C)c(C)sc2n1. The summed E-state index contributed by atoms with van der Waals surface area (Å²) in [6.45, 7) is 5.77. The summed E-state index contributed by atoms with van der Waals surface area (Å²) in [7, 11) is 0. The van der Waals surface area contributed by atoms with Crippen LogP contribution in [0.5, 0.6) is 0 Å². The number of benzene rings is 1. The van der Waals surface area contributed by atoms with E-state index in [1.165, 1.54) is 11.8 Å². The smallest absolute Gasteiger partial charge is 0.271 e. The van der Waals surface area contributed by atoms with Gasteiger partial charge in [-0.25, -0.2) is 14.4 Å². The Morgan fingerprint density at radius 2 is 2.07 bits per heavy atom. The van der Waals surface area contributed by atoms with Crippen LogP contribution in [-0.2, 0) is 4.79 Å². The van der Waals surface area contributed by atoms with Gasteiger partial charge in [0.25, 0.3) is 5.69 Å². The Bertz CT molecular complexity index is 1070. The van der Waals surface area contributed by atoms with Crippen molar-refractivity contribution in [1.82, 2.24) is 9.97 Å². The minimum absolute atomic E-state index is 0.0119. The molecule has 140 valence electrons. The molecule has 0 aliphatic carbocycles. The molecule has 0 spiro atoms. The number of anilines is 1. The van der Waals surface area contributed by atoms with Gasteiger partial charge in [-0.1, -0.05) is 11.8 Å². The number of amides is 1. The number of hydrogen-bond donors (Lipinski definition) is 1. The molecule has 3 rings (SSSR count). The van der Waals surface area contributed by atoms with Crippen LogP contribution >= 0.6 is 23.1 Å². The van der Waals surface area contributed by atoms with Crippen LogP contribution in [0.15, 0.2) is 23.2 Å². The van der Waals surface area contributed by atoms with Crippen molar-refractivity contribution in [1.29, 1.82) is 0 Å². The molecule has 0 bridgehead atoms. The number of halogens is 1.